The van der Waals surface area contributed by atoms with Crippen LogP contribution in [0.25, 0.3) is 0 Å². The molecular weight excluding hydrogens is 580 g/mol. The van der Waals surface area contributed by atoms with Gasteiger partial charge in [0.2, 0.25) is 0 Å². The number of carbonyl (C=O) groups excluding carboxylic acids is 4. The summed E-state index contributed by atoms with van der Waals surface area (Å²) in [5, 5.41) is 2.63. The Morgan fingerprint density at radius 2 is 0.978 bits per heavy atom. The predicted octanol–water partition coefficient (Wildman–Crippen LogP) is 9.09. The monoisotopic (exact) mass is 639 g/mol. The van der Waals surface area contributed by atoms with Crippen LogP contribution in [0.15, 0.2) is 23.8 Å². The molecule has 2 unspecified atom stereocenters. The molecule has 1 saturated carbocycles. The zero-order valence-electron chi connectivity index (χ0n) is 28.0. The van der Waals surface area contributed by atoms with E-state index in [2.05, 4.69) is 5.32 Å². The summed E-state index contributed by atoms with van der Waals surface area (Å²) in [6.45, 7) is 3.85. The number of unbranched alkanes of at least 4 members (excludes halogenated alkanes) is 18. The number of hydrogen-bond acceptors (Lipinski definition) is 6. The molecular formula is C36H59F2NO6. The van der Waals surface area contributed by atoms with Gasteiger partial charge in [-0.05, 0) is 63.0 Å². The van der Waals surface area contributed by atoms with Crippen LogP contribution in [0.3, 0.4) is 0 Å². The van der Waals surface area contributed by atoms with Gasteiger partial charge in [-0.2, -0.15) is 0 Å². The van der Waals surface area contributed by atoms with Crippen molar-refractivity contribution in [3.05, 3.63) is 23.8 Å². The van der Waals surface area contributed by atoms with E-state index in [0.29, 0.717) is 32.5 Å². The topological polar surface area (TPSA) is 98.8 Å². The van der Waals surface area contributed by atoms with E-state index < -0.39 is 23.3 Å². The maximum absolute atomic E-state index is 14.2. The van der Waals surface area contributed by atoms with Crippen LogP contribution >= 0.6 is 0 Å². The van der Waals surface area contributed by atoms with Crippen LogP contribution in [0.5, 0.6) is 0 Å². The molecule has 0 saturated heterocycles. The molecule has 0 spiro atoms. The van der Waals surface area contributed by atoms with Crippen molar-refractivity contribution in [1.82, 2.24) is 5.32 Å². The summed E-state index contributed by atoms with van der Waals surface area (Å²) in [5.74, 6) is -3.37. The molecule has 1 aliphatic rings. The second-order valence-electron chi connectivity index (χ2n) is 12.4. The van der Waals surface area contributed by atoms with E-state index in [1.54, 1.807) is 0 Å². The predicted molar refractivity (Wildman–Crippen MR) is 174 cm³/mol. The highest BCUT2D eigenvalue weighted by Crippen LogP contribution is 2.35. The molecule has 1 N–H and O–H groups in total. The zero-order valence-corrected chi connectivity index (χ0v) is 28.0. The summed E-state index contributed by atoms with van der Waals surface area (Å²) < 4.78 is 38.2. The molecule has 0 aliphatic heterocycles. The summed E-state index contributed by atoms with van der Waals surface area (Å²) in [5.41, 5.74) is 0. The van der Waals surface area contributed by atoms with Crippen LogP contribution in [0.1, 0.15) is 155 Å². The lowest BCUT2D eigenvalue weighted by atomic mass is 10.1. The smallest absolute Gasteiger partial charge is 0.302 e. The number of allylic oxidation sites excluding steroid dienone is 3. The molecule has 1 amide bonds. The van der Waals surface area contributed by atoms with E-state index in [9.17, 15) is 28.0 Å². The minimum Gasteiger partial charge on any atom is -0.466 e. The molecule has 1 fully saturated rings. The van der Waals surface area contributed by atoms with E-state index in [-0.39, 0.29) is 30.3 Å². The molecule has 1 aliphatic carbocycles. The van der Waals surface area contributed by atoms with Gasteiger partial charge in [-0.25, -0.2) is 8.78 Å². The van der Waals surface area contributed by atoms with Crippen molar-refractivity contribution in [3.8, 4) is 0 Å². The Kier molecular flexibility index (Phi) is 23.9. The lowest BCUT2D eigenvalue weighted by Crippen LogP contribution is -2.27. The Hall–Kier alpha value is -2.58. The fourth-order valence-corrected chi connectivity index (χ4v) is 5.29. The van der Waals surface area contributed by atoms with Crippen molar-refractivity contribution >= 4 is 23.6 Å². The average molecular weight is 640 g/mol. The van der Waals surface area contributed by atoms with Gasteiger partial charge >= 0.3 is 11.9 Å². The summed E-state index contributed by atoms with van der Waals surface area (Å²) in [7, 11) is 0. The maximum Gasteiger partial charge on any atom is 0.302 e. The van der Waals surface area contributed by atoms with Crippen LogP contribution < -0.4 is 5.32 Å². The fraction of sp³-hybridized carbons (Fsp3) is 0.778. The highest BCUT2D eigenvalue weighted by atomic mass is 19.1. The Morgan fingerprint density at radius 1 is 0.600 bits per heavy atom. The number of carbonyl (C=O) groups is 4. The van der Waals surface area contributed by atoms with Crippen LogP contribution in [-0.2, 0) is 28.7 Å². The number of hydrogen-bond donors (Lipinski definition) is 1. The van der Waals surface area contributed by atoms with Crippen molar-refractivity contribution < 1.29 is 37.4 Å². The van der Waals surface area contributed by atoms with Gasteiger partial charge < -0.3 is 14.8 Å². The van der Waals surface area contributed by atoms with Crippen LogP contribution in [0, 0.1) is 5.92 Å². The Bertz CT molecular complexity index is 847. The summed E-state index contributed by atoms with van der Waals surface area (Å²) >= 11 is 0. The first-order chi connectivity index (χ1) is 21.7. The van der Waals surface area contributed by atoms with E-state index in [4.69, 9.17) is 9.47 Å². The maximum atomic E-state index is 14.2. The number of ketones is 1. The second-order valence-corrected chi connectivity index (χ2v) is 12.4. The van der Waals surface area contributed by atoms with E-state index in [1.807, 2.05) is 0 Å². The third kappa shape index (κ3) is 24.3. The highest BCUT2D eigenvalue weighted by Gasteiger charge is 2.40. The molecule has 0 aromatic rings. The minimum atomic E-state index is -0.789. The summed E-state index contributed by atoms with van der Waals surface area (Å²) in [4.78, 5) is 45.7. The van der Waals surface area contributed by atoms with E-state index in [1.165, 1.54) is 38.8 Å². The van der Waals surface area contributed by atoms with Crippen molar-refractivity contribution in [3.63, 3.8) is 0 Å². The molecule has 45 heavy (non-hydrogen) atoms. The fourth-order valence-electron chi connectivity index (χ4n) is 5.29. The third-order valence-corrected chi connectivity index (χ3v) is 8.12. The van der Waals surface area contributed by atoms with Crippen molar-refractivity contribution in [2.45, 2.75) is 161 Å². The van der Waals surface area contributed by atoms with Gasteiger partial charge in [-0.3, -0.25) is 19.2 Å². The molecule has 2 atom stereocenters. The van der Waals surface area contributed by atoms with Gasteiger partial charge in [0.1, 0.15) is 0 Å². The highest BCUT2D eigenvalue weighted by molar-refractivity contribution is 5.94. The minimum absolute atomic E-state index is 0.0355. The van der Waals surface area contributed by atoms with E-state index in [0.717, 1.165) is 103 Å². The molecule has 1 rings (SSSR count). The number of ether oxygens (including phenoxy) is 2. The number of rotatable bonds is 29. The number of halogens is 2. The first kappa shape index (κ1) is 40.4. The van der Waals surface area contributed by atoms with Gasteiger partial charge in [0.15, 0.2) is 17.4 Å². The first-order valence-electron chi connectivity index (χ1n) is 17.5. The van der Waals surface area contributed by atoms with Crippen molar-refractivity contribution in [1.29, 1.82) is 0 Å². The van der Waals surface area contributed by atoms with Gasteiger partial charge in [0.05, 0.1) is 13.2 Å². The molecule has 0 aromatic carbocycles. The van der Waals surface area contributed by atoms with Crippen LogP contribution in [0.4, 0.5) is 8.78 Å². The standard InChI is InChI=1S/C36H59F2NO6/c1-29(40)44-25-21-17-13-9-5-3-7-11-15-19-23-32(37)35(42)28-31-27-34(31)39-36(43)33(38)24-20-16-12-8-4-6-10-14-18-22-26-45-30(2)41/h23-24,31,34H,3-22,25-28H2,1-2H3,(H,39,43). The van der Waals surface area contributed by atoms with Crippen LogP contribution in [0.2, 0.25) is 0 Å². The van der Waals surface area contributed by atoms with Gasteiger partial charge in [0, 0.05) is 26.3 Å². The average Bonchev–Trinajstić information content (AvgIpc) is 3.73. The largest absolute Gasteiger partial charge is 0.466 e. The van der Waals surface area contributed by atoms with Gasteiger partial charge in [0.25, 0.3) is 5.91 Å². The first-order valence-corrected chi connectivity index (χ1v) is 17.5. The van der Waals surface area contributed by atoms with Gasteiger partial charge in [-0.15, -0.1) is 0 Å². The summed E-state index contributed by atoms with van der Waals surface area (Å²) in [6.07, 6.45) is 23.4. The zero-order chi connectivity index (χ0) is 33.1. The third-order valence-electron chi connectivity index (χ3n) is 8.12. The van der Waals surface area contributed by atoms with Crippen molar-refractivity contribution in [2.24, 2.45) is 5.92 Å². The normalized spacial score (nSPS) is 16.4. The Labute approximate surface area is 270 Å². The number of nitrogens with one attached hydrogen (secondary N) is 1. The lowest BCUT2D eigenvalue weighted by Gasteiger charge is -2.04. The molecule has 7 nitrogen and oxygen atoms in total. The lowest BCUT2D eigenvalue weighted by molar-refractivity contribution is -0.142. The van der Waals surface area contributed by atoms with E-state index >= 15 is 0 Å². The number of esters is 2. The van der Waals surface area contributed by atoms with Crippen molar-refractivity contribution in [2.75, 3.05) is 13.2 Å². The number of amides is 1. The molecule has 0 radical (unpaired) electrons. The Morgan fingerprint density at radius 3 is 1.40 bits per heavy atom. The SMILES string of the molecule is CC(=O)OCCCCCCCCCCCC=C(F)C(=O)CC1CC1NC(=O)C(F)=CCCCCCCCCCCCOC(C)=O. The van der Waals surface area contributed by atoms with Gasteiger partial charge in [-0.1, -0.05) is 89.9 Å². The molecule has 258 valence electrons. The number of Topliss-reactive ketones (excluding diaryl/α,β-unsaturated/α-hetero) is 1. The molecule has 0 heterocycles. The Balaban J connectivity index is 2.00. The second kappa shape index (κ2) is 26.6. The molecule has 9 heteroatoms. The molecule has 0 bridgehead atoms. The summed E-state index contributed by atoms with van der Waals surface area (Å²) in [6, 6.07) is -0.274. The quantitative estimate of drug-likeness (QED) is 0.0498. The molecule has 0 aromatic heterocycles. The van der Waals surface area contributed by atoms with Crippen LogP contribution in [-0.4, -0.2) is 42.9 Å².